The molecule has 0 bridgehead atoms. The quantitative estimate of drug-likeness (QED) is 0.720. The molecule has 1 saturated carbocycles. The summed E-state index contributed by atoms with van der Waals surface area (Å²) in [5.74, 6) is 1.88. The highest BCUT2D eigenvalue weighted by Crippen LogP contribution is 2.45. The molecule has 3 heteroatoms. The lowest BCUT2D eigenvalue weighted by atomic mass is 9.68. The number of anilines is 1. The van der Waals surface area contributed by atoms with Crippen molar-refractivity contribution in [2.45, 2.75) is 65.7 Å². The van der Waals surface area contributed by atoms with Crippen molar-refractivity contribution in [2.75, 3.05) is 37.6 Å². The third-order valence-electron chi connectivity index (χ3n) is 6.82. The molecule has 2 aliphatic rings. The van der Waals surface area contributed by atoms with Gasteiger partial charge >= 0.3 is 0 Å². The molecule has 1 aromatic rings. The Bertz CT molecular complexity index is 618. The van der Waals surface area contributed by atoms with E-state index in [0.29, 0.717) is 17.6 Å². The normalized spacial score (nSPS) is 24.8. The summed E-state index contributed by atoms with van der Waals surface area (Å²) in [6.07, 6.45) is 6.07. The van der Waals surface area contributed by atoms with Crippen LogP contribution >= 0.6 is 0 Å². The van der Waals surface area contributed by atoms with Gasteiger partial charge in [-0.2, -0.15) is 0 Å². The van der Waals surface area contributed by atoms with Gasteiger partial charge in [0.25, 0.3) is 0 Å². The van der Waals surface area contributed by atoms with Crippen molar-refractivity contribution < 1.29 is 4.79 Å². The van der Waals surface area contributed by atoms with Crippen LogP contribution in [-0.4, -0.2) is 43.4 Å². The highest BCUT2D eigenvalue weighted by atomic mass is 16.1. The molecule has 0 spiro atoms. The summed E-state index contributed by atoms with van der Waals surface area (Å²) < 4.78 is 0. The molecular formula is C24H38N2O. The maximum Gasteiger partial charge on any atom is 0.131 e. The van der Waals surface area contributed by atoms with Gasteiger partial charge in [-0.05, 0) is 61.5 Å². The van der Waals surface area contributed by atoms with Crippen LogP contribution in [0.15, 0.2) is 24.3 Å². The molecule has 1 saturated heterocycles. The number of carbonyl (C=O) groups excluding carboxylic acids is 1. The number of para-hydroxylation sites is 1. The number of hydrogen-bond acceptors (Lipinski definition) is 3. The maximum absolute atomic E-state index is 11.2. The predicted octanol–water partition coefficient (Wildman–Crippen LogP) is 5.11. The van der Waals surface area contributed by atoms with E-state index in [4.69, 9.17) is 0 Å². The van der Waals surface area contributed by atoms with Gasteiger partial charge in [0.1, 0.15) is 5.78 Å². The van der Waals surface area contributed by atoms with Crippen molar-refractivity contribution >= 4 is 11.5 Å². The first kappa shape index (κ1) is 20.4. The minimum atomic E-state index is 0.300. The lowest BCUT2D eigenvalue weighted by Gasteiger charge is -2.40. The molecule has 1 heterocycles. The van der Waals surface area contributed by atoms with Crippen molar-refractivity contribution in [3.05, 3.63) is 29.8 Å². The summed E-state index contributed by atoms with van der Waals surface area (Å²) in [5, 5.41) is 0. The van der Waals surface area contributed by atoms with Crippen LogP contribution < -0.4 is 4.90 Å². The smallest absolute Gasteiger partial charge is 0.131 e. The number of piperazine rings is 1. The molecule has 0 radical (unpaired) electrons. The lowest BCUT2D eigenvalue weighted by Crippen LogP contribution is -2.47. The fourth-order valence-electron chi connectivity index (χ4n) is 4.92. The largest absolute Gasteiger partial charge is 0.369 e. The van der Waals surface area contributed by atoms with E-state index < -0.39 is 0 Å². The molecule has 0 aromatic heterocycles. The van der Waals surface area contributed by atoms with Crippen LogP contribution in [0.3, 0.4) is 0 Å². The monoisotopic (exact) mass is 370 g/mol. The molecule has 1 aliphatic carbocycles. The molecule has 150 valence electrons. The van der Waals surface area contributed by atoms with Crippen molar-refractivity contribution in [1.29, 1.82) is 0 Å². The summed E-state index contributed by atoms with van der Waals surface area (Å²) in [6.45, 7) is 14.1. The van der Waals surface area contributed by atoms with Crippen molar-refractivity contribution in [3.8, 4) is 0 Å². The summed E-state index contributed by atoms with van der Waals surface area (Å²) in [6, 6.07) is 9.12. The van der Waals surface area contributed by atoms with E-state index in [1.54, 1.807) is 12.5 Å². The van der Waals surface area contributed by atoms with E-state index in [1.807, 2.05) is 0 Å². The molecule has 3 rings (SSSR count). The van der Waals surface area contributed by atoms with Crippen LogP contribution in [0.1, 0.15) is 71.3 Å². The van der Waals surface area contributed by atoms with Gasteiger partial charge in [0.05, 0.1) is 0 Å². The average Bonchev–Trinajstić information content (AvgIpc) is 2.66. The summed E-state index contributed by atoms with van der Waals surface area (Å²) in [5.41, 5.74) is 3.48. The van der Waals surface area contributed by atoms with Crippen LogP contribution in [0.5, 0.6) is 0 Å². The first-order chi connectivity index (χ1) is 12.8. The lowest BCUT2D eigenvalue weighted by molar-refractivity contribution is -0.117. The number of ketones is 1. The highest BCUT2D eigenvalue weighted by molar-refractivity contribution is 5.75. The fraction of sp³-hybridized carbons (Fsp3) is 0.708. The Morgan fingerprint density at radius 3 is 2.22 bits per heavy atom. The van der Waals surface area contributed by atoms with E-state index in [0.717, 1.165) is 44.6 Å². The minimum Gasteiger partial charge on any atom is -0.369 e. The first-order valence-electron chi connectivity index (χ1n) is 10.9. The Balaban J connectivity index is 1.61. The van der Waals surface area contributed by atoms with Crippen molar-refractivity contribution in [1.82, 2.24) is 4.90 Å². The predicted molar refractivity (Wildman–Crippen MR) is 115 cm³/mol. The summed E-state index contributed by atoms with van der Waals surface area (Å²) in [4.78, 5) is 16.3. The van der Waals surface area contributed by atoms with Gasteiger partial charge in [0, 0.05) is 44.8 Å². The standard InChI is InChI=1S/C24H38N2O/c1-19(27)13-14-25-15-17-26(18-16-25)23-8-6-5-7-22(23)20-9-11-21(12-10-20)24(2,3)4/h5-8,20-21H,9-18H2,1-4H3. The Morgan fingerprint density at radius 1 is 1.00 bits per heavy atom. The summed E-state index contributed by atoms with van der Waals surface area (Å²) in [7, 11) is 0. The zero-order chi connectivity index (χ0) is 19.4. The Hall–Kier alpha value is -1.35. The molecule has 0 amide bonds. The number of carbonyl (C=O) groups is 1. The van der Waals surface area contributed by atoms with Gasteiger partial charge in [0.2, 0.25) is 0 Å². The van der Waals surface area contributed by atoms with E-state index in [2.05, 4.69) is 54.8 Å². The van der Waals surface area contributed by atoms with Gasteiger partial charge < -0.3 is 4.90 Å². The zero-order valence-corrected chi connectivity index (χ0v) is 17.8. The van der Waals surface area contributed by atoms with Gasteiger partial charge in [0.15, 0.2) is 0 Å². The number of rotatable bonds is 5. The maximum atomic E-state index is 11.2. The van der Waals surface area contributed by atoms with Crippen molar-refractivity contribution in [3.63, 3.8) is 0 Å². The fourth-order valence-corrected chi connectivity index (χ4v) is 4.92. The van der Waals surface area contributed by atoms with E-state index in [1.165, 1.54) is 31.4 Å². The summed E-state index contributed by atoms with van der Waals surface area (Å²) >= 11 is 0. The van der Waals surface area contributed by atoms with Crippen LogP contribution in [0.2, 0.25) is 0 Å². The van der Waals surface area contributed by atoms with Crippen LogP contribution in [0.4, 0.5) is 5.69 Å². The second kappa shape index (κ2) is 8.77. The van der Waals surface area contributed by atoms with E-state index in [-0.39, 0.29) is 0 Å². The van der Waals surface area contributed by atoms with E-state index >= 15 is 0 Å². The molecule has 27 heavy (non-hydrogen) atoms. The Labute approximate surface area is 166 Å². The van der Waals surface area contributed by atoms with Crippen LogP contribution in [0, 0.1) is 11.3 Å². The molecule has 3 nitrogen and oxygen atoms in total. The second-order valence-corrected chi connectivity index (χ2v) is 9.75. The zero-order valence-electron chi connectivity index (χ0n) is 17.8. The molecule has 0 atom stereocenters. The van der Waals surface area contributed by atoms with Gasteiger partial charge in [-0.1, -0.05) is 39.0 Å². The third kappa shape index (κ3) is 5.34. The number of nitrogens with zero attached hydrogens (tertiary/aromatic N) is 2. The SMILES string of the molecule is CC(=O)CCN1CCN(c2ccccc2C2CCC(C(C)(C)C)CC2)CC1. The van der Waals surface area contributed by atoms with Gasteiger partial charge in [-0.3, -0.25) is 9.69 Å². The molecule has 1 aliphatic heterocycles. The first-order valence-corrected chi connectivity index (χ1v) is 10.9. The molecule has 0 N–H and O–H groups in total. The second-order valence-electron chi connectivity index (χ2n) is 9.75. The third-order valence-corrected chi connectivity index (χ3v) is 6.82. The number of Topliss-reactive ketones (excluding diaryl/α,β-unsaturated/α-hetero) is 1. The minimum absolute atomic E-state index is 0.300. The van der Waals surface area contributed by atoms with E-state index in [9.17, 15) is 4.79 Å². The molecule has 1 aromatic carbocycles. The van der Waals surface area contributed by atoms with Crippen LogP contribution in [-0.2, 0) is 4.79 Å². The van der Waals surface area contributed by atoms with Crippen LogP contribution in [0.25, 0.3) is 0 Å². The Morgan fingerprint density at radius 2 is 1.63 bits per heavy atom. The number of hydrogen-bond donors (Lipinski definition) is 0. The van der Waals surface area contributed by atoms with Crippen molar-refractivity contribution in [2.24, 2.45) is 11.3 Å². The van der Waals surface area contributed by atoms with Gasteiger partial charge in [-0.15, -0.1) is 0 Å². The Kier molecular flexibility index (Phi) is 6.62. The highest BCUT2D eigenvalue weighted by Gasteiger charge is 2.31. The topological polar surface area (TPSA) is 23.6 Å². The average molecular weight is 371 g/mol. The molecule has 0 unspecified atom stereocenters. The molecular weight excluding hydrogens is 332 g/mol. The van der Waals surface area contributed by atoms with Gasteiger partial charge in [-0.25, -0.2) is 0 Å². The number of benzene rings is 1. The molecule has 2 fully saturated rings.